The summed E-state index contributed by atoms with van der Waals surface area (Å²) in [5.74, 6) is 1.06. The van der Waals surface area contributed by atoms with Gasteiger partial charge < -0.3 is 23.2 Å². The lowest BCUT2D eigenvalue weighted by Crippen LogP contribution is -2.31. The highest BCUT2D eigenvalue weighted by atomic mass is 35.5. The highest BCUT2D eigenvalue weighted by Crippen LogP contribution is 2.31. The van der Waals surface area contributed by atoms with Gasteiger partial charge in [0.15, 0.2) is 0 Å². The Balaban J connectivity index is 1.12. The second-order valence-corrected chi connectivity index (χ2v) is 11.5. The van der Waals surface area contributed by atoms with Gasteiger partial charge in [0.2, 0.25) is 5.88 Å². The quantitative estimate of drug-likeness (QED) is 0.152. The molecule has 1 atom stereocenters. The number of aryl methyl sites for hydroxylation is 1. The minimum Gasteiger partial charge on any atom is -0.473 e. The SMILES string of the molecule is COC(=O)c1ccc2nc(Cc3ccc(-c4cccc(OCc5ccc(Cl)c6cc(C)oc56)n4)cc3F)n(C[C@@H]3CCO3)c2c1. The predicted molar refractivity (Wildman–Crippen MR) is 168 cm³/mol. The summed E-state index contributed by atoms with van der Waals surface area (Å²) in [6.45, 7) is 3.39. The number of rotatable bonds is 9. The molecule has 3 aromatic heterocycles. The van der Waals surface area contributed by atoms with E-state index in [1.165, 1.54) is 13.2 Å². The van der Waals surface area contributed by atoms with Crippen LogP contribution in [0, 0.1) is 12.7 Å². The van der Waals surface area contributed by atoms with Crippen LogP contribution in [0.5, 0.6) is 5.88 Å². The van der Waals surface area contributed by atoms with Crippen molar-refractivity contribution in [1.82, 2.24) is 14.5 Å². The lowest BCUT2D eigenvalue weighted by Gasteiger charge is -2.27. The number of carbonyl (C=O) groups excluding carboxylic acids is 1. The third-order valence-corrected chi connectivity index (χ3v) is 8.39. The number of ether oxygens (including phenoxy) is 3. The molecule has 1 fully saturated rings. The molecule has 8 nitrogen and oxygen atoms in total. The zero-order valence-electron chi connectivity index (χ0n) is 24.7. The number of pyridine rings is 1. The van der Waals surface area contributed by atoms with Crippen LogP contribution in [0.15, 0.2) is 77.2 Å². The van der Waals surface area contributed by atoms with E-state index in [0.717, 1.165) is 34.2 Å². The Morgan fingerprint density at radius 2 is 1.91 bits per heavy atom. The molecule has 0 saturated carbocycles. The second kappa shape index (κ2) is 12.0. The van der Waals surface area contributed by atoms with Crippen LogP contribution in [0.4, 0.5) is 4.39 Å². The molecule has 10 heteroatoms. The second-order valence-electron chi connectivity index (χ2n) is 11.1. The van der Waals surface area contributed by atoms with Crippen LogP contribution in [0.25, 0.3) is 33.3 Å². The topological polar surface area (TPSA) is 88.6 Å². The molecule has 7 rings (SSSR count). The molecule has 1 saturated heterocycles. The van der Waals surface area contributed by atoms with Crippen molar-refractivity contribution in [2.24, 2.45) is 0 Å². The summed E-state index contributed by atoms with van der Waals surface area (Å²) in [4.78, 5) is 21.6. The van der Waals surface area contributed by atoms with E-state index in [2.05, 4.69) is 4.98 Å². The summed E-state index contributed by atoms with van der Waals surface area (Å²) in [7, 11) is 1.35. The third kappa shape index (κ3) is 5.77. The maximum atomic E-state index is 15.6. The highest BCUT2D eigenvalue weighted by molar-refractivity contribution is 6.35. The molecule has 45 heavy (non-hydrogen) atoms. The Labute approximate surface area is 263 Å². The van der Waals surface area contributed by atoms with Crippen molar-refractivity contribution in [3.05, 3.63) is 112 Å². The summed E-state index contributed by atoms with van der Waals surface area (Å²) in [6.07, 6.45) is 1.24. The van der Waals surface area contributed by atoms with Crippen LogP contribution < -0.4 is 4.74 Å². The van der Waals surface area contributed by atoms with Gasteiger partial charge in [-0.15, -0.1) is 0 Å². The van der Waals surface area contributed by atoms with Crippen LogP contribution in [0.2, 0.25) is 5.02 Å². The first-order valence-electron chi connectivity index (χ1n) is 14.6. The van der Waals surface area contributed by atoms with Gasteiger partial charge in [0, 0.05) is 35.6 Å². The van der Waals surface area contributed by atoms with Crippen molar-refractivity contribution < 1.29 is 27.8 Å². The smallest absolute Gasteiger partial charge is 0.337 e. The Morgan fingerprint density at radius 3 is 2.69 bits per heavy atom. The lowest BCUT2D eigenvalue weighted by molar-refractivity contribution is -0.0589. The first-order valence-corrected chi connectivity index (χ1v) is 15.0. The van der Waals surface area contributed by atoms with E-state index in [4.69, 9.17) is 35.2 Å². The number of hydrogen-bond acceptors (Lipinski definition) is 7. The molecule has 0 amide bonds. The number of fused-ring (bicyclic) bond motifs is 2. The number of carbonyl (C=O) groups is 1. The van der Waals surface area contributed by atoms with E-state index in [9.17, 15) is 4.79 Å². The number of furan rings is 1. The molecule has 0 N–H and O–H groups in total. The normalized spacial score (nSPS) is 14.5. The molecule has 0 spiro atoms. The number of esters is 1. The molecule has 228 valence electrons. The average Bonchev–Trinajstić information content (AvgIpc) is 3.59. The van der Waals surface area contributed by atoms with Crippen molar-refractivity contribution in [3.8, 4) is 17.1 Å². The average molecular weight is 626 g/mol. The van der Waals surface area contributed by atoms with Crippen molar-refractivity contribution >= 4 is 39.6 Å². The first kappa shape index (κ1) is 29.0. The van der Waals surface area contributed by atoms with Crippen molar-refractivity contribution in [2.45, 2.75) is 39.0 Å². The van der Waals surface area contributed by atoms with E-state index in [-0.39, 0.29) is 24.9 Å². The van der Waals surface area contributed by atoms with Gasteiger partial charge in [-0.1, -0.05) is 35.9 Å². The number of hydrogen-bond donors (Lipinski definition) is 0. The van der Waals surface area contributed by atoms with E-state index in [1.54, 1.807) is 30.3 Å². The van der Waals surface area contributed by atoms with Gasteiger partial charge >= 0.3 is 5.97 Å². The monoisotopic (exact) mass is 625 g/mol. The highest BCUT2D eigenvalue weighted by Gasteiger charge is 2.23. The van der Waals surface area contributed by atoms with Crippen LogP contribution in [0.1, 0.15) is 39.5 Å². The zero-order valence-corrected chi connectivity index (χ0v) is 25.4. The van der Waals surface area contributed by atoms with Crippen LogP contribution in [-0.2, 0) is 29.0 Å². The van der Waals surface area contributed by atoms with Gasteiger partial charge in [0.1, 0.15) is 29.6 Å². The Morgan fingerprint density at radius 1 is 1.07 bits per heavy atom. The molecular formula is C35H29ClFN3O5. The van der Waals surface area contributed by atoms with Crippen molar-refractivity contribution in [2.75, 3.05) is 13.7 Å². The van der Waals surface area contributed by atoms with Gasteiger partial charge in [0.25, 0.3) is 0 Å². The zero-order chi connectivity index (χ0) is 31.1. The molecule has 0 radical (unpaired) electrons. The van der Waals surface area contributed by atoms with E-state index in [1.807, 2.05) is 47.9 Å². The van der Waals surface area contributed by atoms with Crippen molar-refractivity contribution in [1.29, 1.82) is 0 Å². The molecule has 0 unspecified atom stereocenters. The summed E-state index contributed by atoms with van der Waals surface area (Å²) in [6, 6.07) is 21.3. The largest absolute Gasteiger partial charge is 0.473 e. The molecule has 1 aliphatic rings. The van der Waals surface area contributed by atoms with Gasteiger partial charge in [0.05, 0.1) is 47.1 Å². The Kier molecular flexibility index (Phi) is 7.73. The number of imidazole rings is 1. The fourth-order valence-electron chi connectivity index (χ4n) is 5.60. The standard InChI is InChI=1S/C35H29ClFN3O5/c1-20-14-26-27(36)10-8-24(34(26)45-20)19-44-33-5-3-4-29(39-33)22-7-6-21(28(37)15-22)17-32-38-30-11-9-23(35(41)42-2)16-31(30)40(32)18-25-12-13-43-25/h3-11,14-16,25H,12-13,17-19H2,1-2H3/t25-/m0/s1. The molecule has 6 aromatic rings. The number of aromatic nitrogens is 3. The van der Waals surface area contributed by atoms with Gasteiger partial charge in [-0.25, -0.2) is 19.2 Å². The van der Waals surface area contributed by atoms with E-state index < -0.39 is 5.97 Å². The molecule has 4 heterocycles. The molecule has 0 bridgehead atoms. The number of nitrogens with zero attached hydrogens (tertiary/aromatic N) is 3. The van der Waals surface area contributed by atoms with Crippen LogP contribution in [0.3, 0.4) is 0 Å². The predicted octanol–water partition coefficient (Wildman–Crippen LogP) is 7.69. The molecular weight excluding hydrogens is 597 g/mol. The summed E-state index contributed by atoms with van der Waals surface area (Å²) in [5, 5.41) is 1.46. The van der Waals surface area contributed by atoms with E-state index >= 15 is 4.39 Å². The van der Waals surface area contributed by atoms with Crippen molar-refractivity contribution in [3.63, 3.8) is 0 Å². The third-order valence-electron chi connectivity index (χ3n) is 8.06. The number of benzene rings is 3. The van der Waals surface area contributed by atoms with Gasteiger partial charge in [-0.2, -0.15) is 0 Å². The maximum absolute atomic E-state index is 15.6. The van der Waals surface area contributed by atoms with E-state index in [0.29, 0.717) is 57.8 Å². The summed E-state index contributed by atoms with van der Waals surface area (Å²) >= 11 is 6.32. The fourth-order valence-corrected chi connectivity index (χ4v) is 5.80. The Hall–Kier alpha value is -4.73. The van der Waals surface area contributed by atoms with Crippen LogP contribution >= 0.6 is 11.6 Å². The minimum atomic E-state index is -0.425. The van der Waals surface area contributed by atoms with Gasteiger partial charge in [-0.05, 0) is 61.4 Å². The van der Waals surface area contributed by atoms with Crippen LogP contribution in [-0.4, -0.2) is 40.3 Å². The van der Waals surface area contributed by atoms with Gasteiger partial charge in [-0.3, -0.25) is 0 Å². The fraction of sp³-hybridized carbons (Fsp3) is 0.229. The number of halogens is 2. The molecule has 0 aliphatic carbocycles. The lowest BCUT2D eigenvalue weighted by atomic mass is 10.1. The molecule has 3 aromatic carbocycles. The summed E-state index contributed by atoms with van der Waals surface area (Å²) in [5.41, 5.74) is 5.16. The first-order chi connectivity index (χ1) is 21.9. The maximum Gasteiger partial charge on any atom is 0.337 e. The summed E-state index contributed by atoms with van der Waals surface area (Å²) < 4.78 is 40.1. The minimum absolute atomic E-state index is 0.0460. The molecule has 1 aliphatic heterocycles. The Bertz CT molecular complexity index is 2070. The number of methoxy groups -OCH3 is 1.